The van der Waals surface area contributed by atoms with E-state index in [9.17, 15) is 5.11 Å². The molecule has 3 heteroatoms. The molecule has 0 spiro atoms. The first kappa shape index (κ1) is 17.9. The van der Waals surface area contributed by atoms with Gasteiger partial charge in [-0.2, -0.15) is 0 Å². The Kier molecular flexibility index (Phi) is 5.79. The zero-order valence-electron chi connectivity index (χ0n) is 14.6. The van der Waals surface area contributed by atoms with Crippen LogP contribution in [0.3, 0.4) is 0 Å². The molecule has 0 bridgehead atoms. The Labute approximate surface area is 141 Å². The van der Waals surface area contributed by atoms with Crippen molar-refractivity contribution in [3.8, 4) is 0 Å². The quantitative estimate of drug-likeness (QED) is 0.825. The lowest BCUT2D eigenvalue weighted by molar-refractivity contribution is 0.168. The maximum absolute atomic E-state index is 9.41. The summed E-state index contributed by atoms with van der Waals surface area (Å²) < 4.78 is 6.70. The predicted molar refractivity (Wildman–Crippen MR) is 99.8 cm³/mol. The molecule has 0 aliphatic carbocycles. The Morgan fingerprint density at radius 1 is 0.913 bits per heavy atom. The van der Waals surface area contributed by atoms with Gasteiger partial charge in [0.1, 0.15) is 0 Å². The molecule has 0 saturated heterocycles. The van der Waals surface area contributed by atoms with Gasteiger partial charge in [0.2, 0.25) is 0 Å². The number of hydrogen-bond donors (Lipinski definition) is 1. The molecule has 0 saturated carbocycles. The largest absolute Gasteiger partial charge is 0.407 e. The third-order valence-electron chi connectivity index (χ3n) is 4.31. The molecule has 0 fully saturated rings. The maximum atomic E-state index is 9.41. The fraction of sp³-hybridized carbons (Fsp3) is 0.400. The maximum Gasteiger partial charge on any atom is 0.261 e. The van der Waals surface area contributed by atoms with Crippen molar-refractivity contribution >= 4 is 18.7 Å². The Morgan fingerprint density at radius 2 is 1.35 bits per heavy atom. The SMILES string of the molecule is CC(CO)CO[Si](c1ccccc1)(c1ccccc1)C(C)(C)C. The van der Waals surface area contributed by atoms with E-state index in [0.717, 1.165) is 0 Å². The number of benzene rings is 2. The third-order valence-corrected chi connectivity index (χ3v) is 9.32. The fourth-order valence-corrected chi connectivity index (χ4v) is 7.77. The summed E-state index contributed by atoms with van der Waals surface area (Å²) in [4.78, 5) is 0. The van der Waals surface area contributed by atoms with Crippen LogP contribution in [0.4, 0.5) is 0 Å². The van der Waals surface area contributed by atoms with Crippen molar-refractivity contribution in [1.82, 2.24) is 0 Å². The van der Waals surface area contributed by atoms with Crippen LogP contribution >= 0.6 is 0 Å². The topological polar surface area (TPSA) is 29.5 Å². The van der Waals surface area contributed by atoms with E-state index in [2.05, 4.69) is 69.3 Å². The zero-order chi connectivity index (χ0) is 16.9. The van der Waals surface area contributed by atoms with Crippen LogP contribution in [0.25, 0.3) is 0 Å². The van der Waals surface area contributed by atoms with Crippen molar-refractivity contribution in [2.75, 3.05) is 13.2 Å². The number of aliphatic hydroxyl groups excluding tert-OH is 1. The number of aliphatic hydroxyl groups is 1. The van der Waals surface area contributed by atoms with Crippen LogP contribution in [0.5, 0.6) is 0 Å². The van der Waals surface area contributed by atoms with E-state index in [-0.39, 0.29) is 17.6 Å². The Hall–Kier alpha value is -1.42. The number of hydrogen-bond acceptors (Lipinski definition) is 2. The first-order valence-electron chi connectivity index (χ1n) is 8.27. The monoisotopic (exact) mass is 328 g/mol. The second-order valence-electron chi connectivity index (χ2n) is 7.26. The molecule has 0 radical (unpaired) electrons. The molecule has 0 amide bonds. The minimum atomic E-state index is -2.44. The van der Waals surface area contributed by atoms with Crippen LogP contribution in [0.1, 0.15) is 27.7 Å². The van der Waals surface area contributed by atoms with E-state index in [1.807, 2.05) is 19.1 Å². The van der Waals surface area contributed by atoms with Gasteiger partial charge in [0, 0.05) is 19.1 Å². The third kappa shape index (κ3) is 3.74. The normalized spacial score (nSPS) is 13.8. The lowest BCUT2D eigenvalue weighted by Crippen LogP contribution is -2.66. The summed E-state index contributed by atoms with van der Waals surface area (Å²) in [5.41, 5.74) is 0. The average molecular weight is 329 g/mol. The fourth-order valence-electron chi connectivity index (χ4n) is 3.08. The first-order chi connectivity index (χ1) is 10.9. The van der Waals surface area contributed by atoms with Crippen molar-refractivity contribution in [3.05, 3.63) is 60.7 Å². The zero-order valence-corrected chi connectivity index (χ0v) is 15.6. The average Bonchev–Trinajstić information content (AvgIpc) is 2.56. The summed E-state index contributed by atoms with van der Waals surface area (Å²) in [7, 11) is -2.44. The molecule has 23 heavy (non-hydrogen) atoms. The summed E-state index contributed by atoms with van der Waals surface area (Å²) >= 11 is 0. The van der Waals surface area contributed by atoms with Gasteiger partial charge < -0.3 is 9.53 Å². The van der Waals surface area contributed by atoms with E-state index < -0.39 is 8.32 Å². The van der Waals surface area contributed by atoms with Gasteiger partial charge in [0.05, 0.1) is 0 Å². The molecule has 1 atom stereocenters. The highest BCUT2D eigenvalue weighted by molar-refractivity contribution is 6.99. The standard InChI is InChI=1S/C20H28O2Si/c1-17(15-21)16-22-23(20(2,3)4,18-11-7-5-8-12-18)19-13-9-6-10-14-19/h5-14,17,21H,15-16H2,1-4H3. The molecule has 0 aromatic heterocycles. The predicted octanol–water partition coefficient (Wildman–Crippen LogP) is 3.19. The lowest BCUT2D eigenvalue weighted by Gasteiger charge is -2.43. The Morgan fingerprint density at radius 3 is 1.70 bits per heavy atom. The van der Waals surface area contributed by atoms with Crippen LogP contribution in [-0.2, 0) is 4.43 Å². The number of rotatable bonds is 6. The summed E-state index contributed by atoms with van der Waals surface area (Å²) in [6, 6.07) is 21.2. The minimum Gasteiger partial charge on any atom is -0.407 e. The lowest BCUT2D eigenvalue weighted by atomic mass is 10.2. The van der Waals surface area contributed by atoms with E-state index in [4.69, 9.17) is 4.43 Å². The van der Waals surface area contributed by atoms with Gasteiger partial charge in [0.25, 0.3) is 8.32 Å². The van der Waals surface area contributed by atoms with Crippen LogP contribution in [0.2, 0.25) is 5.04 Å². The summed E-state index contributed by atoms with van der Waals surface area (Å²) in [6.07, 6.45) is 0. The summed E-state index contributed by atoms with van der Waals surface area (Å²) in [5.74, 6) is 0.136. The molecule has 2 nitrogen and oxygen atoms in total. The van der Waals surface area contributed by atoms with Crippen molar-refractivity contribution in [2.24, 2.45) is 5.92 Å². The highest BCUT2D eigenvalue weighted by atomic mass is 28.4. The molecule has 2 rings (SSSR count). The van der Waals surface area contributed by atoms with Crippen molar-refractivity contribution in [2.45, 2.75) is 32.7 Å². The molecule has 2 aromatic rings. The van der Waals surface area contributed by atoms with Crippen LogP contribution in [-0.4, -0.2) is 26.6 Å². The van der Waals surface area contributed by atoms with Crippen molar-refractivity contribution in [1.29, 1.82) is 0 Å². The van der Waals surface area contributed by atoms with Crippen LogP contribution < -0.4 is 10.4 Å². The smallest absolute Gasteiger partial charge is 0.261 e. The van der Waals surface area contributed by atoms with E-state index in [0.29, 0.717) is 6.61 Å². The van der Waals surface area contributed by atoms with Crippen LogP contribution in [0, 0.1) is 5.92 Å². The molecule has 1 unspecified atom stereocenters. The summed E-state index contributed by atoms with van der Waals surface area (Å²) in [6.45, 7) is 9.55. The molecule has 124 valence electrons. The molecule has 2 aromatic carbocycles. The molecule has 0 aliphatic rings. The van der Waals surface area contributed by atoms with Gasteiger partial charge in [-0.1, -0.05) is 88.4 Å². The van der Waals surface area contributed by atoms with Crippen molar-refractivity contribution < 1.29 is 9.53 Å². The molecular formula is C20H28O2Si. The van der Waals surface area contributed by atoms with Gasteiger partial charge in [0.15, 0.2) is 0 Å². The van der Waals surface area contributed by atoms with Gasteiger partial charge in [-0.3, -0.25) is 0 Å². The summed E-state index contributed by atoms with van der Waals surface area (Å²) in [5, 5.41) is 12.0. The van der Waals surface area contributed by atoms with E-state index >= 15 is 0 Å². The second kappa shape index (κ2) is 7.43. The van der Waals surface area contributed by atoms with Gasteiger partial charge >= 0.3 is 0 Å². The van der Waals surface area contributed by atoms with E-state index in [1.165, 1.54) is 10.4 Å². The molecule has 0 aliphatic heterocycles. The van der Waals surface area contributed by atoms with Gasteiger partial charge in [-0.15, -0.1) is 0 Å². The van der Waals surface area contributed by atoms with Gasteiger partial charge in [-0.05, 0) is 15.4 Å². The Balaban J connectivity index is 2.60. The second-order valence-corrected chi connectivity index (χ2v) is 11.6. The first-order valence-corrected chi connectivity index (χ1v) is 10.2. The van der Waals surface area contributed by atoms with E-state index in [1.54, 1.807) is 0 Å². The van der Waals surface area contributed by atoms with Crippen molar-refractivity contribution in [3.63, 3.8) is 0 Å². The molecular weight excluding hydrogens is 300 g/mol. The highest BCUT2D eigenvalue weighted by Gasteiger charge is 2.50. The molecule has 1 N–H and O–H groups in total. The molecule has 0 heterocycles. The Bertz CT molecular complexity index is 551. The van der Waals surface area contributed by atoms with Crippen LogP contribution in [0.15, 0.2) is 60.7 Å². The van der Waals surface area contributed by atoms with Gasteiger partial charge in [-0.25, -0.2) is 0 Å². The highest BCUT2D eigenvalue weighted by Crippen LogP contribution is 2.36. The minimum absolute atomic E-state index is 0.00905.